The normalized spacial score (nSPS) is 25.6. The van der Waals surface area contributed by atoms with Crippen LogP contribution in [0.25, 0.3) is 0 Å². The molecule has 2 saturated heterocycles. The van der Waals surface area contributed by atoms with Crippen LogP contribution in [0.2, 0.25) is 4.34 Å². The number of fused-ring (bicyclic) bond motifs is 1. The Morgan fingerprint density at radius 2 is 2.18 bits per heavy atom. The van der Waals surface area contributed by atoms with E-state index in [0.717, 1.165) is 16.2 Å². The molecule has 2 amide bonds. The molecule has 1 aromatic heterocycles. The number of β-lactam (4-membered cyclic amide) rings is 1. The zero-order valence-electron chi connectivity index (χ0n) is 19.8. The van der Waals surface area contributed by atoms with Crippen LogP contribution < -0.4 is 11.1 Å². The van der Waals surface area contributed by atoms with Crippen LogP contribution in [-0.4, -0.2) is 101 Å². The topological polar surface area (TPSA) is 206 Å². The van der Waals surface area contributed by atoms with Gasteiger partial charge in [-0.25, -0.2) is 9.78 Å². The maximum Gasteiger partial charge on any atom is 0.352 e. The van der Waals surface area contributed by atoms with E-state index in [-0.39, 0.29) is 44.5 Å². The van der Waals surface area contributed by atoms with Gasteiger partial charge in [-0.05, 0) is 30.4 Å². The molecular weight excluding hydrogens is 578 g/mol. The van der Waals surface area contributed by atoms with Crippen molar-refractivity contribution in [3.8, 4) is 0 Å². The van der Waals surface area contributed by atoms with E-state index < -0.39 is 34.9 Å². The van der Waals surface area contributed by atoms with Crippen molar-refractivity contribution < 1.29 is 29.8 Å². The number of aliphatic hydroxyl groups is 1. The maximum atomic E-state index is 12.9. The Labute approximate surface area is 234 Å². The summed E-state index contributed by atoms with van der Waals surface area (Å²) in [4.78, 5) is 44.6. The number of aromatic nitrogens is 1. The lowest BCUT2D eigenvalue weighted by molar-refractivity contribution is -0.150. The first kappa shape index (κ1) is 28.2. The third kappa shape index (κ3) is 5.36. The van der Waals surface area contributed by atoms with E-state index in [0.29, 0.717) is 24.4 Å². The predicted molar refractivity (Wildman–Crippen MR) is 146 cm³/mol. The van der Waals surface area contributed by atoms with Crippen LogP contribution in [0.3, 0.4) is 0 Å². The van der Waals surface area contributed by atoms with Crippen molar-refractivity contribution in [2.24, 2.45) is 5.16 Å². The second kappa shape index (κ2) is 11.5. The molecule has 0 radical (unpaired) electrons. The second-order valence-electron chi connectivity index (χ2n) is 8.53. The highest BCUT2D eigenvalue weighted by Gasteiger charge is 2.54. The van der Waals surface area contributed by atoms with E-state index in [4.69, 9.17) is 22.7 Å². The molecule has 4 atom stereocenters. The lowest BCUT2D eigenvalue weighted by Gasteiger charge is -2.49. The smallest absolute Gasteiger partial charge is 0.352 e. The number of anilines is 1. The quantitative estimate of drug-likeness (QED) is 0.0813. The Morgan fingerprint density at radius 3 is 2.74 bits per heavy atom. The maximum absolute atomic E-state index is 12.9. The summed E-state index contributed by atoms with van der Waals surface area (Å²) < 4.78 is 0.0367. The molecule has 0 spiro atoms. The molecule has 4 heterocycles. The Balaban J connectivity index is 1.44. The van der Waals surface area contributed by atoms with Crippen LogP contribution in [0.15, 0.2) is 27.9 Å². The van der Waals surface area contributed by atoms with E-state index in [1.807, 2.05) is 4.90 Å². The van der Waals surface area contributed by atoms with Gasteiger partial charge < -0.3 is 31.4 Å². The zero-order chi connectivity index (χ0) is 27.7. The first-order valence-electron chi connectivity index (χ1n) is 11.2. The molecule has 2 fully saturated rings. The Morgan fingerprint density at radius 1 is 1.45 bits per heavy atom. The Kier molecular flexibility index (Phi) is 8.56. The van der Waals surface area contributed by atoms with Gasteiger partial charge in [0.1, 0.15) is 27.1 Å². The summed E-state index contributed by atoms with van der Waals surface area (Å²) in [5.74, 6) is -2.13. The van der Waals surface area contributed by atoms with E-state index >= 15 is 0 Å². The number of carbonyl (C=O) groups excluding carboxylic acids is 2. The number of nitrogen functional groups attached to an aromatic ring is 1. The largest absolute Gasteiger partial charge is 0.477 e. The van der Waals surface area contributed by atoms with Gasteiger partial charge >= 0.3 is 5.97 Å². The first-order valence-corrected chi connectivity index (χ1v) is 14.4. The van der Waals surface area contributed by atoms with E-state index in [1.165, 1.54) is 23.5 Å². The Bertz CT molecular complexity index is 1270. The van der Waals surface area contributed by atoms with Gasteiger partial charge in [0.2, 0.25) is 0 Å². The number of aliphatic carboxylic acids is 1. The highest BCUT2D eigenvalue weighted by atomic mass is 35.5. The van der Waals surface area contributed by atoms with Gasteiger partial charge in [0, 0.05) is 17.5 Å². The summed E-state index contributed by atoms with van der Waals surface area (Å²) in [6.45, 7) is 2.22. The van der Waals surface area contributed by atoms with Crippen LogP contribution in [0.4, 0.5) is 5.13 Å². The van der Waals surface area contributed by atoms with Crippen molar-refractivity contribution in [2.45, 2.75) is 36.1 Å². The average molecular weight is 602 g/mol. The van der Waals surface area contributed by atoms with Gasteiger partial charge in [-0.1, -0.05) is 28.1 Å². The lowest BCUT2D eigenvalue weighted by atomic mass is 10.0. The summed E-state index contributed by atoms with van der Waals surface area (Å²) >= 11 is 9.65. The van der Waals surface area contributed by atoms with Crippen molar-refractivity contribution in [1.29, 1.82) is 5.41 Å². The van der Waals surface area contributed by atoms with Gasteiger partial charge in [0.25, 0.3) is 11.8 Å². The number of aliphatic hydroxyl groups excluding tert-OH is 1. The number of hydrogen-bond donors (Lipinski definition) is 6. The molecule has 0 saturated carbocycles. The highest BCUT2D eigenvalue weighted by molar-refractivity contribution is 8.02. The molecule has 4 rings (SSSR count). The second-order valence-corrected chi connectivity index (χ2v) is 12.5. The summed E-state index contributed by atoms with van der Waals surface area (Å²) in [6.07, 6.45) is 2.35. The third-order valence-corrected chi connectivity index (χ3v) is 9.59. The fourth-order valence-electron chi connectivity index (χ4n) is 4.43. The number of nitrogens with zero attached hydrogens (tertiary/aromatic N) is 4. The van der Waals surface area contributed by atoms with Gasteiger partial charge in [-0.2, -0.15) is 0 Å². The highest BCUT2D eigenvalue weighted by Crippen LogP contribution is 2.41. The van der Waals surface area contributed by atoms with Crippen molar-refractivity contribution in [1.82, 2.24) is 20.1 Å². The van der Waals surface area contributed by atoms with Crippen LogP contribution in [0.1, 0.15) is 19.0 Å². The average Bonchev–Trinajstić information content (AvgIpc) is 3.44. The molecule has 38 heavy (non-hydrogen) atoms. The molecule has 0 aromatic carbocycles. The van der Waals surface area contributed by atoms with Crippen molar-refractivity contribution >= 4 is 80.9 Å². The summed E-state index contributed by atoms with van der Waals surface area (Å²) in [7, 11) is 0. The van der Waals surface area contributed by atoms with E-state index in [2.05, 4.69) is 15.5 Å². The molecule has 0 bridgehead atoms. The fraction of sp³-hybridized carbons (Fsp3) is 0.429. The number of amidine groups is 1. The Hall–Kier alpha value is -2.79. The number of thioether (sulfide) groups is 2. The molecule has 3 aliphatic rings. The molecule has 3 aliphatic heterocycles. The number of halogens is 1. The number of nitrogens with two attached hydrogens (primary N) is 1. The molecule has 7 N–H and O–H groups in total. The third-order valence-electron chi connectivity index (χ3n) is 6.19. The fourth-order valence-corrected chi connectivity index (χ4v) is 7.72. The monoisotopic (exact) mass is 601 g/mol. The number of oxime groups is 1. The number of thiazole rings is 1. The number of rotatable bonds is 8. The minimum Gasteiger partial charge on any atom is -0.477 e. The molecule has 13 nitrogen and oxygen atoms in total. The van der Waals surface area contributed by atoms with E-state index in [1.54, 1.807) is 18.4 Å². The number of amides is 2. The molecule has 204 valence electrons. The summed E-state index contributed by atoms with van der Waals surface area (Å²) in [5.41, 5.74) is 5.22. The molecule has 0 aliphatic carbocycles. The van der Waals surface area contributed by atoms with Crippen LogP contribution in [-0.2, 0) is 14.4 Å². The van der Waals surface area contributed by atoms with Gasteiger partial charge in [0.05, 0.1) is 18.5 Å². The number of allylic oxidation sites excluding steroid dienone is 1. The number of hydrogen-bond acceptors (Lipinski definition) is 12. The number of carbonyl (C=O) groups is 3. The number of nitrogens with one attached hydrogen (secondary N) is 2. The number of carboxylic acid groups (broad SMARTS) is 1. The summed E-state index contributed by atoms with van der Waals surface area (Å²) in [6, 6.07) is -1.16. The molecular formula is C21H24ClN7O6S3. The summed E-state index contributed by atoms with van der Waals surface area (Å²) in [5, 5.41) is 43.3. The minimum absolute atomic E-state index is 0.0367. The molecule has 17 heteroatoms. The predicted octanol–water partition coefficient (Wildman–Crippen LogP) is 0.975. The number of likely N-dealkylation sites (tertiary alicyclic amines) is 1. The van der Waals surface area contributed by atoms with Crippen molar-refractivity contribution in [3.05, 3.63) is 32.8 Å². The molecule has 0 unspecified atom stereocenters. The SMILES string of the molecule is CC(=N)N1C[C@@H](SC=CC2=C(C(=O)O)N3C(=O)[C@@H](NC(=O)/C(=N\O)c4nc(N)sc4Cl)[C@H]3SC2)C[C@H]1CO. The van der Waals surface area contributed by atoms with Crippen LogP contribution >= 0.6 is 46.5 Å². The van der Waals surface area contributed by atoms with Crippen molar-refractivity contribution in [2.75, 3.05) is 24.6 Å². The van der Waals surface area contributed by atoms with Crippen LogP contribution in [0, 0.1) is 5.41 Å². The van der Waals surface area contributed by atoms with Gasteiger partial charge in [-0.3, -0.25) is 19.9 Å². The zero-order valence-corrected chi connectivity index (χ0v) is 23.0. The number of carboxylic acids is 1. The van der Waals surface area contributed by atoms with Crippen molar-refractivity contribution in [3.63, 3.8) is 0 Å². The van der Waals surface area contributed by atoms with Crippen LogP contribution in [0.5, 0.6) is 0 Å². The van der Waals surface area contributed by atoms with Gasteiger partial charge in [0.15, 0.2) is 10.8 Å². The minimum atomic E-state index is -1.27. The first-order chi connectivity index (χ1) is 18.1. The van der Waals surface area contributed by atoms with Gasteiger partial charge in [-0.15, -0.1) is 23.5 Å². The standard InChI is InChI=1S/C21H24ClN7O6S3/c1-8(23)28-5-11(4-10(28)6-30)36-3-2-9-7-37-19-14(18(32)29(19)15(9)20(33)34)25-17(31)13(27-35)12-16(22)38-21(24)26-12/h2-3,10-11,14,19,23,30,35H,4-7H2,1H3,(H2,24,26)(H,25,31)(H,33,34)/b3-2?,23-8?,27-13-/t10-,11-,14+,19+/m0/s1. The molecule has 1 aromatic rings. The lowest BCUT2D eigenvalue weighted by Crippen LogP contribution is -2.71. The van der Waals surface area contributed by atoms with E-state index in [9.17, 15) is 29.8 Å².